The molecule has 2 aromatic carbocycles. The number of benzene rings is 2. The van der Waals surface area contributed by atoms with E-state index in [2.05, 4.69) is 29.5 Å². The lowest BCUT2D eigenvalue weighted by Crippen LogP contribution is -2.15. The van der Waals surface area contributed by atoms with Crippen LogP contribution in [0.15, 0.2) is 42.5 Å². The second kappa shape index (κ2) is 8.15. The fourth-order valence-corrected chi connectivity index (χ4v) is 4.14. The Balaban J connectivity index is 1.77. The van der Waals surface area contributed by atoms with Gasteiger partial charge < -0.3 is 9.62 Å². The Bertz CT molecular complexity index is 757. The molecule has 1 amide bonds. The maximum absolute atomic E-state index is 12.7. The highest BCUT2D eigenvalue weighted by Crippen LogP contribution is 2.31. The molecule has 132 valence electrons. The van der Waals surface area contributed by atoms with E-state index in [9.17, 15) is 4.79 Å². The molecule has 1 fully saturated rings. The van der Waals surface area contributed by atoms with Crippen molar-refractivity contribution < 1.29 is 4.79 Å². The predicted octanol–water partition coefficient (Wildman–Crippen LogP) is 5.65. The molecule has 0 radical (unpaired) electrons. The summed E-state index contributed by atoms with van der Waals surface area (Å²) in [5, 5.41) is 3.46. The normalized spacial score (nSPS) is 14.2. The summed E-state index contributed by atoms with van der Waals surface area (Å²) in [5.41, 5.74) is 3.58. The van der Waals surface area contributed by atoms with E-state index in [4.69, 9.17) is 11.6 Å². The minimum atomic E-state index is -0.169. The highest BCUT2D eigenvalue weighted by atomic mass is 35.5. The lowest BCUT2D eigenvalue weighted by atomic mass is 10.0. The first-order chi connectivity index (χ1) is 12.0. The minimum Gasteiger partial charge on any atom is -0.322 e. The van der Waals surface area contributed by atoms with E-state index in [0.29, 0.717) is 16.5 Å². The van der Waals surface area contributed by atoms with Gasteiger partial charge in [-0.25, -0.2) is 0 Å². The fraction of sp³-hybridized carbons (Fsp3) is 0.350. The third-order valence-corrected chi connectivity index (χ3v) is 5.57. The number of anilines is 2. The molecule has 1 N–H and O–H groups in total. The zero-order valence-corrected chi connectivity index (χ0v) is 16.2. The fourth-order valence-electron chi connectivity index (χ4n) is 2.94. The van der Waals surface area contributed by atoms with Crippen molar-refractivity contribution in [3.63, 3.8) is 0 Å². The maximum Gasteiger partial charge on any atom is 0.257 e. The summed E-state index contributed by atoms with van der Waals surface area (Å²) < 4.78 is 2.22. The molecule has 2 aromatic rings. The molecule has 3 rings (SSSR count). The Morgan fingerprint density at radius 1 is 1.28 bits per heavy atom. The third kappa shape index (κ3) is 4.71. The molecular weight excluding hydrogens is 352 g/mol. The van der Waals surface area contributed by atoms with E-state index >= 15 is 0 Å². The molecule has 0 spiro atoms. The van der Waals surface area contributed by atoms with E-state index in [-0.39, 0.29) is 5.91 Å². The third-order valence-electron chi connectivity index (χ3n) is 4.06. The molecular formula is C20H23ClN2OS. The topological polar surface area (TPSA) is 32.3 Å². The van der Waals surface area contributed by atoms with Crippen LogP contribution >= 0.6 is 23.5 Å². The summed E-state index contributed by atoms with van der Waals surface area (Å²) in [6.45, 7) is 5.38. The lowest BCUT2D eigenvalue weighted by Gasteiger charge is -2.17. The zero-order chi connectivity index (χ0) is 17.8. The number of rotatable bonds is 5. The molecule has 0 aliphatic carbocycles. The average Bonchev–Trinajstić information content (AvgIpc) is 3.09. The molecule has 1 saturated heterocycles. The molecule has 3 nitrogen and oxygen atoms in total. The molecule has 0 unspecified atom stereocenters. The predicted molar refractivity (Wildman–Crippen MR) is 109 cm³/mol. The van der Waals surface area contributed by atoms with Gasteiger partial charge >= 0.3 is 0 Å². The Morgan fingerprint density at radius 2 is 2.12 bits per heavy atom. The van der Waals surface area contributed by atoms with E-state index in [1.807, 2.05) is 30.3 Å². The van der Waals surface area contributed by atoms with Gasteiger partial charge in [0.15, 0.2) is 0 Å². The Hall–Kier alpha value is -1.65. The smallest absolute Gasteiger partial charge is 0.257 e. The van der Waals surface area contributed by atoms with Crippen LogP contribution in [0, 0.1) is 5.92 Å². The van der Waals surface area contributed by atoms with Crippen molar-refractivity contribution in [2.45, 2.75) is 26.7 Å². The van der Waals surface area contributed by atoms with E-state index < -0.39 is 0 Å². The number of amides is 1. The van der Waals surface area contributed by atoms with Gasteiger partial charge in [-0.3, -0.25) is 4.79 Å². The summed E-state index contributed by atoms with van der Waals surface area (Å²) in [6.07, 6.45) is 2.16. The minimum absolute atomic E-state index is 0.169. The van der Waals surface area contributed by atoms with Crippen molar-refractivity contribution in [1.29, 1.82) is 0 Å². The lowest BCUT2D eigenvalue weighted by molar-refractivity contribution is 0.102. The van der Waals surface area contributed by atoms with Gasteiger partial charge in [0.05, 0.1) is 10.6 Å². The van der Waals surface area contributed by atoms with Gasteiger partial charge in [-0.1, -0.05) is 37.6 Å². The van der Waals surface area contributed by atoms with Crippen LogP contribution in [0.25, 0.3) is 0 Å². The standard InChI is InChI=1S/C20H23ClN2OS/c1-14(2)11-15-5-3-6-16(12-15)22-20(24)18-13-17(7-8-19(18)21)23-9-4-10-25-23/h3,5-8,12-14H,4,9-11H2,1-2H3,(H,22,24). The molecule has 0 aromatic heterocycles. The number of carbonyl (C=O) groups excluding carboxylic acids is 1. The van der Waals surface area contributed by atoms with Crippen molar-refractivity contribution >= 4 is 40.8 Å². The van der Waals surface area contributed by atoms with Crippen LogP contribution in [0.4, 0.5) is 11.4 Å². The summed E-state index contributed by atoms with van der Waals surface area (Å²) in [5.74, 6) is 1.53. The molecule has 0 atom stereocenters. The average molecular weight is 375 g/mol. The van der Waals surface area contributed by atoms with E-state index in [1.54, 1.807) is 18.0 Å². The number of hydrogen-bond acceptors (Lipinski definition) is 3. The number of hydrogen-bond donors (Lipinski definition) is 1. The number of carbonyl (C=O) groups is 1. The second-order valence-electron chi connectivity index (χ2n) is 6.71. The van der Waals surface area contributed by atoms with Crippen molar-refractivity contribution in [3.8, 4) is 0 Å². The highest BCUT2D eigenvalue weighted by molar-refractivity contribution is 8.00. The van der Waals surface area contributed by atoms with Crippen LogP contribution < -0.4 is 9.62 Å². The van der Waals surface area contributed by atoms with Gasteiger partial charge in [0.2, 0.25) is 0 Å². The van der Waals surface area contributed by atoms with Crippen LogP contribution in [0.3, 0.4) is 0 Å². The number of nitrogens with zero attached hydrogens (tertiary/aromatic N) is 1. The van der Waals surface area contributed by atoms with Crippen molar-refractivity contribution in [1.82, 2.24) is 0 Å². The molecule has 1 aliphatic rings. The molecule has 1 heterocycles. The van der Waals surface area contributed by atoms with E-state index in [0.717, 1.165) is 36.5 Å². The maximum atomic E-state index is 12.7. The van der Waals surface area contributed by atoms with Gasteiger partial charge in [0.1, 0.15) is 0 Å². The van der Waals surface area contributed by atoms with Crippen LogP contribution in [0.2, 0.25) is 5.02 Å². The SMILES string of the molecule is CC(C)Cc1cccc(NC(=O)c2cc(N3CCCS3)ccc2Cl)c1. The molecule has 1 aliphatic heterocycles. The first kappa shape index (κ1) is 18.2. The number of nitrogens with one attached hydrogen (secondary N) is 1. The van der Waals surface area contributed by atoms with Crippen molar-refractivity contribution in [2.24, 2.45) is 5.92 Å². The van der Waals surface area contributed by atoms with E-state index in [1.165, 1.54) is 5.56 Å². The van der Waals surface area contributed by atoms with Crippen molar-refractivity contribution in [2.75, 3.05) is 21.9 Å². The van der Waals surface area contributed by atoms with Crippen LogP contribution in [0.5, 0.6) is 0 Å². The van der Waals surface area contributed by atoms with Gasteiger partial charge in [-0.05, 0) is 66.6 Å². The summed E-state index contributed by atoms with van der Waals surface area (Å²) in [6, 6.07) is 13.7. The molecule has 0 saturated carbocycles. The first-order valence-electron chi connectivity index (χ1n) is 8.63. The van der Waals surface area contributed by atoms with Crippen LogP contribution in [-0.2, 0) is 6.42 Å². The zero-order valence-electron chi connectivity index (χ0n) is 14.6. The van der Waals surface area contributed by atoms with Gasteiger partial charge in [-0.15, -0.1) is 0 Å². The van der Waals surface area contributed by atoms with Crippen LogP contribution in [-0.4, -0.2) is 18.2 Å². The van der Waals surface area contributed by atoms with Gasteiger partial charge in [0.25, 0.3) is 5.91 Å². The summed E-state index contributed by atoms with van der Waals surface area (Å²) in [4.78, 5) is 12.7. The van der Waals surface area contributed by atoms with Gasteiger partial charge in [-0.2, -0.15) is 0 Å². The van der Waals surface area contributed by atoms with Crippen LogP contribution in [0.1, 0.15) is 36.2 Å². The van der Waals surface area contributed by atoms with Gasteiger partial charge in [0, 0.05) is 23.7 Å². The number of halogens is 1. The summed E-state index contributed by atoms with van der Waals surface area (Å²) in [7, 11) is 0. The Kier molecular flexibility index (Phi) is 5.92. The highest BCUT2D eigenvalue weighted by Gasteiger charge is 2.17. The molecule has 25 heavy (non-hydrogen) atoms. The Morgan fingerprint density at radius 3 is 2.84 bits per heavy atom. The monoisotopic (exact) mass is 374 g/mol. The summed E-state index contributed by atoms with van der Waals surface area (Å²) >= 11 is 8.07. The second-order valence-corrected chi connectivity index (χ2v) is 8.22. The molecule has 5 heteroatoms. The first-order valence-corrected chi connectivity index (χ1v) is 9.95. The molecule has 0 bridgehead atoms. The largest absolute Gasteiger partial charge is 0.322 e. The quantitative estimate of drug-likeness (QED) is 0.686. The Labute approximate surface area is 158 Å². The van der Waals surface area contributed by atoms with Crippen molar-refractivity contribution in [3.05, 3.63) is 58.6 Å².